The van der Waals surface area contributed by atoms with Crippen molar-refractivity contribution >= 4 is 28.9 Å². The molecular formula is C21H21N3O4S. The van der Waals surface area contributed by atoms with E-state index in [1.807, 2.05) is 18.4 Å². The lowest BCUT2D eigenvalue weighted by atomic mass is 10.1. The van der Waals surface area contributed by atoms with E-state index in [-0.39, 0.29) is 17.2 Å². The smallest absolute Gasteiger partial charge is 0.339 e. The Hall–Kier alpha value is -3.26. The Kier molecular flexibility index (Phi) is 6.56. The molecule has 2 N–H and O–H groups in total. The third-order valence-corrected chi connectivity index (χ3v) is 5.19. The van der Waals surface area contributed by atoms with Crippen LogP contribution in [0.1, 0.15) is 36.5 Å². The molecule has 29 heavy (non-hydrogen) atoms. The van der Waals surface area contributed by atoms with Gasteiger partial charge < -0.3 is 15.2 Å². The molecule has 0 saturated heterocycles. The van der Waals surface area contributed by atoms with Crippen molar-refractivity contribution in [2.24, 2.45) is 0 Å². The van der Waals surface area contributed by atoms with Gasteiger partial charge in [0.05, 0.1) is 23.4 Å². The van der Waals surface area contributed by atoms with E-state index in [0.717, 1.165) is 29.1 Å². The van der Waals surface area contributed by atoms with Crippen LogP contribution in [0, 0.1) is 0 Å². The second-order valence-corrected chi connectivity index (χ2v) is 7.25. The largest absolute Gasteiger partial charge is 0.496 e. The summed E-state index contributed by atoms with van der Waals surface area (Å²) in [6.07, 6.45) is 3.99. The van der Waals surface area contributed by atoms with E-state index in [1.54, 1.807) is 24.4 Å². The van der Waals surface area contributed by atoms with E-state index >= 15 is 0 Å². The van der Waals surface area contributed by atoms with Crippen molar-refractivity contribution in [2.75, 3.05) is 12.4 Å². The fraction of sp³-hybridized carbons (Fsp3) is 0.238. The van der Waals surface area contributed by atoms with Gasteiger partial charge in [-0.1, -0.05) is 19.4 Å². The number of rotatable bonds is 8. The van der Waals surface area contributed by atoms with Crippen LogP contribution in [-0.4, -0.2) is 34.1 Å². The van der Waals surface area contributed by atoms with E-state index in [1.165, 1.54) is 24.5 Å². The van der Waals surface area contributed by atoms with Crippen molar-refractivity contribution < 1.29 is 19.4 Å². The molecule has 1 amide bonds. The van der Waals surface area contributed by atoms with Gasteiger partial charge in [0.25, 0.3) is 0 Å². The average molecular weight is 411 g/mol. The summed E-state index contributed by atoms with van der Waals surface area (Å²) in [5.74, 6) is -0.350. The molecule has 2 aromatic heterocycles. The number of benzene rings is 1. The van der Waals surface area contributed by atoms with Gasteiger partial charge in [-0.05, 0) is 30.7 Å². The predicted molar refractivity (Wildman–Crippen MR) is 112 cm³/mol. The van der Waals surface area contributed by atoms with Crippen molar-refractivity contribution in [3.63, 3.8) is 0 Å². The highest BCUT2D eigenvalue weighted by molar-refractivity contribution is 7.14. The van der Waals surface area contributed by atoms with Crippen LogP contribution in [-0.2, 0) is 4.79 Å². The van der Waals surface area contributed by atoms with Gasteiger partial charge in [-0.3, -0.25) is 4.79 Å². The number of amides is 1. The van der Waals surface area contributed by atoms with Gasteiger partial charge in [-0.15, -0.1) is 11.3 Å². The number of carbonyl (C=O) groups is 2. The molecule has 0 bridgehead atoms. The second-order valence-electron chi connectivity index (χ2n) is 6.34. The van der Waals surface area contributed by atoms with Gasteiger partial charge in [0.15, 0.2) is 5.82 Å². The van der Waals surface area contributed by atoms with Crippen LogP contribution in [0.4, 0.5) is 5.69 Å². The Morgan fingerprint density at radius 3 is 2.79 bits per heavy atom. The summed E-state index contributed by atoms with van der Waals surface area (Å²) in [4.78, 5) is 33.0. The molecule has 8 heteroatoms. The lowest BCUT2D eigenvalue weighted by Crippen LogP contribution is -2.09. The van der Waals surface area contributed by atoms with E-state index in [2.05, 4.69) is 15.3 Å². The third kappa shape index (κ3) is 4.97. The Morgan fingerprint density at radius 2 is 2.07 bits per heavy atom. The highest BCUT2D eigenvalue weighted by atomic mass is 32.1. The molecule has 0 radical (unpaired) electrons. The first-order chi connectivity index (χ1) is 14.0. The van der Waals surface area contributed by atoms with Crippen molar-refractivity contribution in [3.05, 3.63) is 47.5 Å². The molecular weight excluding hydrogens is 390 g/mol. The van der Waals surface area contributed by atoms with Crippen LogP contribution >= 0.6 is 11.3 Å². The first-order valence-electron chi connectivity index (χ1n) is 9.15. The molecule has 3 aromatic rings. The second kappa shape index (κ2) is 9.29. The number of thiophene rings is 1. The van der Waals surface area contributed by atoms with Gasteiger partial charge in [0.1, 0.15) is 11.3 Å². The minimum absolute atomic E-state index is 0.00481. The number of hydrogen-bond acceptors (Lipinski definition) is 6. The van der Waals surface area contributed by atoms with E-state index < -0.39 is 5.97 Å². The topological polar surface area (TPSA) is 101 Å². The van der Waals surface area contributed by atoms with E-state index in [9.17, 15) is 14.7 Å². The maximum absolute atomic E-state index is 11.9. The van der Waals surface area contributed by atoms with Crippen molar-refractivity contribution in [1.29, 1.82) is 0 Å². The summed E-state index contributed by atoms with van der Waals surface area (Å²) >= 11 is 1.48. The first kappa shape index (κ1) is 20.5. The SMILES string of the molecule is CCCCC(=O)Nc1csc(-c2ccnc(-c3ccc(C(=O)O)c(OC)c3)n2)c1. The van der Waals surface area contributed by atoms with Gasteiger partial charge in [-0.25, -0.2) is 14.8 Å². The highest BCUT2D eigenvalue weighted by Gasteiger charge is 2.14. The molecule has 1 aromatic carbocycles. The molecule has 0 saturated carbocycles. The predicted octanol–water partition coefficient (Wildman–Crippen LogP) is 4.71. The van der Waals surface area contributed by atoms with Crippen LogP contribution in [0.15, 0.2) is 41.9 Å². The lowest BCUT2D eigenvalue weighted by molar-refractivity contribution is -0.116. The number of ether oxygens (including phenoxy) is 1. The quantitative estimate of drug-likeness (QED) is 0.557. The number of carbonyl (C=O) groups excluding carboxylic acids is 1. The Morgan fingerprint density at radius 1 is 1.24 bits per heavy atom. The van der Waals surface area contributed by atoms with Gasteiger partial charge in [-0.2, -0.15) is 0 Å². The number of aromatic carboxylic acids is 1. The molecule has 0 aliphatic heterocycles. The number of nitrogens with zero attached hydrogens (tertiary/aromatic N) is 2. The normalized spacial score (nSPS) is 10.6. The zero-order chi connectivity index (χ0) is 20.8. The summed E-state index contributed by atoms with van der Waals surface area (Å²) < 4.78 is 5.18. The molecule has 3 rings (SSSR count). The fourth-order valence-corrected chi connectivity index (χ4v) is 3.55. The monoisotopic (exact) mass is 411 g/mol. The molecule has 0 aliphatic rings. The zero-order valence-corrected chi connectivity index (χ0v) is 17.0. The first-order valence-corrected chi connectivity index (χ1v) is 10.0. The molecule has 0 unspecified atom stereocenters. The molecule has 0 fully saturated rings. The Bertz CT molecular complexity index is 1030. The number of methoxy groups -OCH3 is 1. The fourth-order valence-electron chi connectivity index (χ4n) is 2.74. The molecule has 2 heterocycles. The molecule has 150 valence electrons. The van der Waals surface area contributed by atoms with Gasteiger partial charge in [0, 0.05) is 23.6 Å². The number of unbranched alkanes of at least 4 members (excludes halogenated alkanes) is 1. The summed E-state index contributed by atoms with van der Waals surface area (Å²) in [6.45, 7) is 2.05. The van der Waals surface area contributed by atoms with Crippen molar-refractivity contribution in [3.8, 4) is 27.7 Å². The number of carboxylic acid groups (broad SMARTS) is 1. The van der Waals surface area contributed by atoms with Crippen molar-refractivity contribution in [1.82, 2.24) is 9.97 Å². The lowest BCUT2D eigenvalue weighted by Gasteiger charge is -2.08. The number of aromatic nitrogens is 2. The standard InChI is InChI=1S/C21H21N3O4S/c1-3-4-5-19(25)23-14-11-18(29-12-14)16-8-9-22-20(24-16)13-6-7-15(21(26)27)17(10-13)28-2/h6-12H,3-5H2,1-2H3,(H,23,25)(H,26,27). The van der Waals surface area contributed by atoms with Crippen LogP contribution < -0.4 is 10.1 Å². The summed E-state index contributed by atoms with van der Waals surface area (Å²) in [5, 5.41) is 14.0. The number of anilines is 1. The molecule has 0 aliphatic carbocycles. The van der Waals surface area contributed by atoms with E-state index in [0.29, 0.717) is 17.8 Å². The van der Waals surface area contributed by atoms with Gasteiger partial charge in [0.2, 0.25) is 5.91 Å². The Labute approximate surface area is 172 Å². The van der Waals surface area contributed by atoms with Gasteiger partial charge >= 0.3 is 5.97 Å². The van der Waals surface area contributed by atoms with Crippen LogP contribution in [0.2, 0.25) is 0 Å². The maximum atomic E-state index is 11.9. The summed E-state index contributed by atoms with van der Waals surface area (Å²) in [6, 6.07) is 8.41. The maximum Gasteiger partial charge on any atom is 0.339 e. The average Bonchev–Trinajstić information content (AvgIpc) is 3.20. The molecule has 0 spiro atoms. The molecule has 7 nitrogen and oxygen atoms in total. The van der Waals surface area contributed by atoms with Crippen LogP contribution in [0.3, 0.4) is 0 Å². The van der Waals surface area contributed by atoms with E-state index in [4.69, 9.17) is 4.74 Å². The number of carboxylic acids is 1. The minimum atomic E-state index is -1.06. The number of hydrogen-bond donors (Lipinski definition) is 2. The highest BCUT2D eigenvalue weighted by Crippen LogP contribution is 2.31. The summed E-state index contributed by atoms with van der Waals surface area (Å²) in [7, 11) is 1.42. The Balaban J connectivity index is 1.83. The minimum Gasteiger partial charge on any atom is -0.496 e. The van der Waals surface area contributed by atoms with Crippen LogP contribution in [0.25, 0.3) is 22.0 Å². The number of nitrogens with one attached hydrogen (secondary N) is 1. The third-order valence-electron chi connectivity index (χ3n) is 4.24. The molecule has 0 atom stereocenters. The van der Waals surface area contributed by atoms with Crippen molar-refractivity contribution in [2.45, 2.75) is 26.2 Å². The zero-order valence-electron chi connectivity index (χ0n) is 16.1. The summed E-state index contributed by atoms with van der Waals surface area (Å²) in [5.41, 5.74) is 2.20. The van der Waals surface area contributed by atoms with Crippen LogP contribution in [0.5, 0.6) is 5.75 Å².